The molecule has 3 rings (SSSR count). The summed E-state index contributed by atoms with van der Waals surface area (Å²) >= 11 is 6.24. The van der Waals surface area contributed by atoms with Gasteiger partial charge in [0, 0.05) is 24.1 Å². The minimum Gasteiger partial charge on any atom is -0.370 e. The second kappa shape index (κ2) is 7.10. The molecule has 7 heteroatoms. The second-order valence-corrected chi connectivity index (χ2v) is 6.12. The number of aromatic nitrogens is 3. The zero-order chi connectivity index (χ0) is 16.2. The Balaban J connectivity index is 1.55. The monoisotopic (exact) mass is 334 g/mol. The lowest BCUT2D eigenvalue weighted by Crippen LogP contribution is -2.32. The van der Waals surface area contributed by atoms with Crippen LogP contribution >= 0.6 is 11.6 Å². The number of amides is 1. The third kappa shape index (κ3) is 3.71. The Morgan fingerprint density at radius 1 is 1.52 bits per heavy atom. The predicted molar refractivity (Wildman–Crippen MR) is 86.1 cm³/mol. The van der Waals surface area contributed by atoms with Crippen molar-refractivity contribution in [2.75, 3.05) is 13.2 Å². The van der Waals surface area contributed by atoms with Gasteiger partial charge in [-0.15, -0.1) is 0 Å². The first-order valence-electron chi connectivity index (χ1n) is 7.62. The van der Waals surface area contributed by atoms with Gasteiger partial charge in [-0.05, 0) is 24.5 Å². The summed E-state index contributed by atoms with van der Waals surface area (Å²) in [6, 6.07) is 5.72. The van der Waals surface area contributed by atoms with Crippen LogP contribution in [0.2, 0.25) is 5.02 Å². The lowest BCUT2D eigenvalue weighted by atomic mass is 10.0. The average molecular weight is 335 g/mol. The number of nitrogens with one attached hydrogen (secondary N) is 2. The topological polar surface area (TPSA) is 79.9 Å². The SMILES string of the molecule is Cc1cccc(CC(=O)NC[C@@H]2CCO[C@@H]2c2ncn[nH]2)c1Cl. The molecule has 23 heavy (non-hydrogen) atoms. The molecule has 1 saturated heterocycles. The Bertz CT molecular complexity index is 675. The summed E-state index contributed by atoms with van der Waals surface area (Å²) in [5.41, 5.74) is 1.82. The molecule has 1 aromatic heterocycles. The van der Waals surface area contributed by atoms with Crippen LogP contribution in [0.1, 0.15) is 29.5 Å². The predicted octanol–water partition coefficient (Wildman–Crippen LogP) is 2.20. The fourth-order valence-corrected chi connectivity index (χ4v) is 3.02. The molecule has 1 fully saturated rings. The van der Waals surface area contributed by atoms with Gasteiger partial charge in [0.1, 0.15) is 12.4 Å². The Hall–Kier alpha value is -1.92. The van der Waals surface area contributed by atoms with E-state index in [9.17, 15) is 4.79 Å². The smallest absolute Gasteiger partial charge is 0.224 e. The van der Waals surface area contributed by atoms with E-state index in [4.69, 9.17) is 16.3 Å². The van der Waals surface area contributed by atoms with Crippen molar-refractivity contribution in [3.05, 3.63) is 46.5 Å². The van der Waals surface area contributed by atoms with Crippen molar-refractivity contribution in [1.82, 2.24) is 20.5 Å². The molecule has 0 aliphatic carbocycles. The Morgan fingerprint density at radius 2 is 2.39 bits per heavy atom. The van der Waals surface area contributed by atoms with Crippen LogP contribution in [0, 0.1) is 12.8 Å². The summed E-state index contributed by atoms with van der Waals surface area (Å²) in [7, 11) is 0. The fourth-order valence-electron chi connectivity index (χ4n) is 2.82. The molecule has 1 aliphatic rings. The Kier molecular flexibility index (Phi) is 4.93. The highest BCUT2D eigenvalue weighted by Gasteiger charge is 2.31. The molecule has 122 valence electrons. The minimum absolute atomic E-state index is 0.0410. The van der Waals surface area contributed by atoms with Crippen molar-refractivity contribution >= 4 is 17.5 Å². The maximum atomic E-state index is 12.2. The molecular weight excluding hydrogens is 316 g/mol. The number of aryl methyl sites for hydroxylation is 1. The van der Waals surface area contributed by atoms with Crippen LogP contribution in [-0.2, 0) is 16.0 Å². The normalized spacial score (nSPS) is 20.6. The van der Waals surface area contributed by atoms with Crippen molar-refractivity contribution in [2.24, 2.45) is 5.92 Å². The van der Waals surface area contributed by atoms with E-state index in [1.165, 1.54) is 6.33 Å². The van der Waals surface area contributed by atoms with Gasteiger partial charge in [-0.25, -0.2) is 4.98 Å². The van der Waals surface area contributed by atoms with Crippen LogP contribution in [0.15, 0.2) is 24.5 Å². The molecule has 0 radical (unpaired) electrons. The Morgan fingerprint density at radius 3 is 3.17 bits per heavy atom. The molecule has 0 unspecified atom stereocenters. The number of nitrogens with zero attached hydrogens (tertiary/aromatic N) is 2. The van der Waals surface area contributed by atoms with E-state index in [0.717, 1.165) is 17.5 Å². The van der Waals surface area contributed by atoms with Crippen LogP contribution in [0.5, 0.6) is 0 Å². The zero-order valence-electron chi connectivity index (χ0n) is 12.9. The number of ether oxygens (including phenoxy) is 1. The van der Waals surface area contributed by atoms with Crippen molar-refractivity contribution < 1.29 is 9.53 Å². The summed E-state index contributed by atoms with van der Waals surface area (Å²) in [4.78, 5) is 16.3. The first-order chi connectivity index (χ1) is 11.1. The molecule has 0 saturated carbocycles. The van der Waals surface area contributed by atoms with E-state index in [-0.39, 0.29) is 24.3 Å². The molecule has 0 bridgehead atoms. The first-order valence-corrected chi connectivity index (χ1v) is 8.00. The van der Waals surface area contributed by atoms with Gasteiger partial charge in [0.05, 0.1) is 6.42 Å². The maximum absolute atomic E-state index is 12.2. The Labute approximate surface area is 139 Å². The van der Waals surface area contributed by atoms with E-state index in [0.29, 0.717) is 24.0 Å². The summed E-state index contributed by atoms with van der Waals surface area (Å²) in [5.74, 6) is 0.865. The first kappa shape index (κ1) is 16.0. The highest BCUT2D eigenvalue weighted by Crippen LogP contribution is 2.31. The lowest BCUT2D eigenvalue weighted by molar-refractivity contribution is -0.120. The van der Waals surface area contributed by atoms with Gasteiger partial charge in [-0.1, -0.05) is 29.8 Å². The average Bonchev–Trinajstić information content (AvgIpc) is 3.20. The van der Waals surface area contributed by atoms with E-state index >= 15 is 0 Å². The highest BCUT2D eigenvalue weighted by molar-refractivity contribution is 6.32. The third-order valence-electron chi connectivity index (χ3n) is 4.10. The number of carbonyl (C=O) groups excluding carboxylic acids is 1. The number of rotatable bonds is 5. The number of carbonyl (C=O) groups is 1. The number of aromatic amines is 1. The van der Waals surface area contributed by atoms with Gasteiger partial charge in [0.2, 0.25) is 5.91 Å². The van der Waals surface area contributed by atoms with Gasteiger partial charge in [0.15, 0.2) is 5.82 Å². The number of hydrogen-bond acceptors (Lipinski definition) is 4. The van der Waals surface area contributed by atoms with E-state index in [2.05, 4.69) is 20.5 Å². The van der Waals surface area contributed by atoms with Gasteiger partial charge in [0.25, 0.3) is 0 Å². The molecule has 1 amide bonds. The molecule has 2 aromatic rings. The number of H-pyrrole nitrogens is 1. The van der Waals surface area contributed by atoms with Crippen LogP contribution in [-0.4, -0.2) is 34.2 Å². The van der Waals surface area contributed by atoms with E-state index in [1.54, 1.807) is 0 Å². The molecule has 1 aromatic carbocycles. The maximum Gasteiger partial charge on any atom is 0.224 e. The van der Waals surface area contributed by atoms with Crippen LogP contribution in [0.25, 0.3) is 0 Å². The quantitative estimate of drug-likeness (QED) is 0.878. The number of halogens is 1. The minimum atomic E-state index is -0.139. The standard InChI is InChI=1S/C16H19ClN4O2/c1-10-3-2-4-11(14(10)17)7-13(22)18-8-12-5-6-23-15(12)16-19-9-20-21-16/h2-4,9,12,15H,5-8H2,1H3,(H,18,22)(H,19,20,21)/t12-,15-/m0/s1. The van der Waals surface area contributed by atoms with Crippen molar-refractivity contribution in [3.8, 4) is 0 Å². The highest BCUT2D eigenvalue weighted by atomic mass is 35.5. The van der Waals surface area contributed by atoms with E-state index in [1.807, 2.05) is 25.1 Å². The summed E-state index contributed by atoms with van der Waals surface area (Å²) in [6.07, 6.45) is 2.49. The summed E-state index contributed by atoms with van der Waals surface area (Å²) in [6.45, 7) is 3.14. The molecule has 6 nitrogen and oxygen atoms in total. The van der Waals surface area contributed by atoms with Gasteiger partial charge in [-0.3, -0.25) is 9.89 Å². The zero-order valence-corrected chi connectivity index (χ0v) is 13.6. The van der Waals surface area contributed by atoms with Crippen LogP contribution < -0.4 is 5.32 Å². The largest absolute Gasteiger partial charge is 0.370 e. The van der Waals surface area contributed by atoms with Gasteiger partial charge >= 0.3 is 0 Å². The molecular formula is C16H19ClN4O2. The number of benzene rings is 1. The van der Waals surface area contributed by atoms with Gasteiger partial charge < -0.3 is 10.1 Å². The van der Waals surface area contributed by atoms with Crippen molar-refractivity contribution in [3.63, 3.8) is 0 Å². The molecule has 2 N–H and O–H groups in total. The van der Waals surface area contributed by atoms with Crippen LogP contribution in [0.4, 0.5) is 0 Å². The molecule has 1 aliphatic heterocycles. The summed E-state index contributed by atoms with van der Waals surface area (Å²) in [5, 5.41) is 10.3. The van der Waals surface area contributed by atoms with Gasteiger partial charge in [-0.2, -0.15) is 5.10 Å². The van der Waals surface area contributed by atoms with Crippen molar-refractivity contribution in [1.29, 1.82) is 0 Å². The summed E-state index contributed by atoms with van der Waals surface area (Å²) < 4.78 is 5.69. The molecule has 2 atom stereocenters. The second-order valence-electron chi connectivity index (χ2n) is 5.74. The fraction of sp³-hybridized carbons (Fsp3) is 0.438. The van der Waals surface area contributed by atoms with Crippen molar-refractivity contribution in [2.45, 2.75) is 25.9 Å². The lowest BCUT2D eigenvalue weighted by Gasteiger charge is -2.17. The van der Waals surface area contributed by atoms with E-state index < -0.39 is 0 Å². The molecule has 2 heterocycles. The molecule has 0 spiro atoms. The van der Waals surface area contributed by atoms with Crippen LogP contribution in [0.3, 0.4) is 0 Å². The third-order valence-corrected chi connectivity index (χ3v) is 4.64. The number of hydrogen-bond donors (Lipinski definition) is 2.